The van der Waals surface area contributed by atoms with Crippen molar-refractivity contribution < 1.29 is 9.53 Å². The number of hydrogen-bond acceptors (Lipinski definition) is 3. The number of nitrogens with one attached hydrogen (secondary N) is 1. The van der Waals surface area contributed by atoms with E-state index in [1.54, 1.807) is 18.2 Å². The molecule has 1 fully saturated rings. The summed E-state index contributed by atoms with van der Waals surface area (Å²) >= 11 is 6.01. The number of carbonyl (C=O) groups excluding carboxylic acids is 1. The number of hydrogen-bond donors (Lipinski definition) is 1. The summed E-state index contributed by atoms with van der Waals surface area (Å²) in [6.07, 6.45) is 1.56. The van der Waals surface area contributed by atoms with Crippen LogP contribution in [0.4, 0.5) is 0 Å². The summed E-state index contributed by atoms with van der Waals surface area (Å²) < 4.78 is 5.85. The lowest BCUT2D eigenvalue weighted by Gasteiger charge is -2.35. The average Bonchev–Trinajstić information content (AvgIpc) is 2.60. The molecule has 1 aliphatic carbocycles. The van der Waals surface area contributed by atoms with Gasteiger partial charge in [0.05, 0.1) is 10.6 Å². The Balaban J connectivity index is 1.48. The van der Waals surface area contributed by atoms with Crippen LogP contribution in [0.3, 0.4) is 0 Å². The minimum absolute atomic E-state index is 0.0487. The fourth-order valence-corrected chi connectivity index (χ4v) is 3.13. The predicted molar refractivity (Wildman–Crippen MR) is 102 cm³/mol. The van der Waals surface area contributed by atoms with Crippen LogP contribution in [0.25, 0.3) is 0 Å². The van der Waals surface area contributed by atoms with Crippen molar-refractivity contribution in [3.05, 3.63) is 64.2 Å². The van der Waals surface area contributed by atoms with Crippen molar-refractivity contribution >= 4 is 17.5 Å². The highest BCUT2D eigenvalue weighted by molar-refractivity contribution is 6.31. The van der Waals surface area contributed by atoms with Crippen molar-refractivity contribution in [3.8, 4) is 11.8 Å². The first-order chi connectivity index (χ1) is 12.5. The molecule has 1 saturated carbocycles. The van der Waals surface area contributed by atoms with Crippen LogP contribution in [0.1, 0.15) is 54.1 Å². The number of nitrogens with zero attached hydrogens (tertiary/aromatic N) is 1. The van der Waals surface area contributed by atoms with Crippen molar-refractivity contribution in [1.29, 1.82) is 5.26 Å². The normalized spacial score (nSPS) is 18.7. The van der Waals surface area contributed by atoms with E-state index in [0.717, 1.165) is 12.8 Å². The van der Waals surface area contributed by atoms with Gasteiger partial charge in [-0.25, -0.2) is 0 Å². The van der Waals surface area contributed by atoms with E-state index in [2.05, 4.69) is 19.2 Å². The third-order valence-corrected chi connectivity index (χ3v) is 4.95. The second kappa shape index (κ2) is 7.80. The van der Waals surface area contributed by atoms with E-state index >= 15 is 0 Å². The number of rotatable bonds is 5. The molecule has 134 valence electrons. The minimum Gasteiger partial charge on any atom is -0.490 e. The Morgan fingerprint density at radius 3 is 2.50 bits per heavy atom. The Hall–Kier alpha value is -2.51. The van der Waals surface area contributed by atoms with E-state index < -0.39 is 0 Å². The third kappa shape index (κ3) is 4.17. The number of ether oxygens (including phenoxy) is 1. The predicted octanol–water partition coefficient (Wildman–Crippen LogP) is 4.67. The SMILES string of the molecule is CC(C)c1ccc(C(=O)N[C@H]2C[C@H](Oc3ccc(C#N)c(Cl)c3)C2)cc1. The van der Waals surface area contributed by atoms with Gasteiger partial charge in [-0.3, -0.25) is 4.79 Å². The molecule has 0 saturated heterocycles. The van der Waals surface area contributed by atoms with Gasteiger partial charge in [0.1, 0.15) is 17.9 Å². The highest BCUT2D eigenvalue weighted by Crippen LogP contribution is 2.29. The van der Waals surface area contributed by atoms with Crippen molar-refractivity contribution in [1.82, 2.24) is 5.32 Å². The zero-order valence-electron chi connectivity index (χ0n) is 14.8. The molecule has 0 radical (unpaired) electrons. The summed E-state index contributed by atoms with van der Waals surface area (Å²) in [6.45, 7) is 4.26. The average molecular weight is 369 g/mol. The largest absolute Gasteiger partial charge is 0.490 e. The number of carbonyl (C=O) groups is 1. The molecule has 0 aromatic heterocycles. The highest BCUT2D eigenvalue weighted by Gasteiger charge is 2.32. The second-order valence-corrected chi connectivity index (χ2v) is 7.32. The van der Waals surface area contributed by atoms with E-state index in [1.165, 1.54) is 5.56 Å². The van der Waals surface area contributed by atoms with Crippen LogP contribution in [0.2, 0.25) is 5.02 Å². The highest BCUT2D eigenvalue weighted by atomic mass is 35.5. The van der Waals surface area contributed by atoms with Crippen LogP contribution in [-0.2, 0) is 0 Å². The Labute approximate surface area is 158 Å². The van der Waals surface area contributed by atoms with Crippen LogP contribution in [0, 0.1) is 11.3 Å². The van der Waals surface area contributed by atoms with Crippen LogP contribution in [0.15, 0.2) is 42.5 Å². The molecular weight excluding hydrogens is 348 g/mol. The van der Waals surface area contributed by atoms with E-state index in [0.29, 0.717) is 27.8 Å². The molecule has 0 atom stereocenters. The molecule has 1 aliphatic rings. The zero-order valence-corrected chi connectivity index (χ0v) is 15.6. The van der Waals surface area contributed by atoms with Gasteiger partial charge in [0.15, 0.2) is 0 Å². The quantitative estimate of drug-likeness (QED) is 0.833. The van der Waals surface area contributed by atoms with E-state index in [-0.39, 0.29) is 18.1 Å². The fourth-order valence-electron chi connectivity index (χ4n) is 2.92. The summed E-state index contributed by atoms with van der Waals surface area (Å²) in [5.74, 6) is 1.05. The Morgan fingerprint density at radius 2 is 1.92 bits per heavy atom. The Kier molecular flexibility index (Phi) is 5.49. The molecule has 1 amide bonds. The van der Waals surface area contributed by atoms with Gasteiger partial charge in [0, 0.05) is 30.5 Å². The minimum atomic E-state index is -0.0508. The van der Waals surface area contributed by atoms with Gasteiger partial charge >= 0.3 is 0 Å². The molecule has 1 N–H and O–H groups in total. The molecule has 0 aliphatic heterocycles. The molecule has 2 aromatic carbocycles. The molecule has 0 heterocycles. The molecule has 0 bridgehead atoms. The molecule has 0 spiro atoms. The first-order valence-corrected chi connectivity index (χ1v) is 9.11. The lowest BCUT2D eigenvalue weighted by atomic mass is 9.89. The molecular formula is C21H21ClN2O2. The lowest BCUT2D eigenvalue weighted by molar-refractivity contribution is 0.0701. The Morgan fingerprint density at radius 1 is 1.23 bits per heavy atom. The van der Waals surface area contributed by atoms with E-state index in [4.69, 9.17) is 21.6 Å². The molecule has 26 heavy (non-hydrogen) atoms. The van der Waals surface area contributed by atoms with Gasteiger partial charge < -0.3 is 10.1 Å². The van der Waals surface area contributed by atoms with Gasteiger partial charge in [0.25, 0.3) is 5.91 Å². The lowest BCUT2D eigenvalue weighted by Crippen LogP contribution is -2.49. The van der Waals surface area contributed by atoms with Gasteiger partial charge in [-0.2, -0.15) is 5.26 Å². The van der Waals surface area contributed by atoms with E-state index in [9.17, 15) is 4.79 Å². The molecule has 4 nitrogen and oxygen atoms in total. The maximum Gasteiger partial charge on any atom is 0.251 e. The van der Waals surface area contributed by atoms with E-state index in [1.807, 2.05) is 30.3 Å². The van der Waals surface area contributed by atoms with Crippen LogP contribution in [-0.4, -0.2) is 18.1 Å². The standard InChI is InChI=1S/C21H21ClN2O2/c1-13(2)14-3-5-15(6-4-14)21(25)24-17-9-19(10-17)26-18-8-7-16(12-23)20(22)11-18/h3-8,11,13,17,19H,9-10H2,1-2H3,(H,24,25)/t17-,19-. The first kappa shape index (κ1) is 18.3. The summed E-state index contributed by atoms with van der Waals surface area (Å²) in [5, 5.41) is 12.3. The number of amides is 1. The van der Waals surface area contributed by atoms with Crippen LogP contribution >= 0.6 is 11.6 Å². The molecule has 5 heteroatoms. The number of benzene rings is 2. The fraction of sp³-hybridized carbons (Fsp3) is 0.333. The van der Waals surface area contributed by atoms with Crippen LogP contribution in [0.5, 0.6) is 5.75 Å². The van der Waals surface area contributed by atoms with Gasteiger partial charge in [-0.15, -0.1) is 0 Å². The third-order valence-electron chi connectivity index (χ3n) is 4.63. The summed E-state index contributed by atoms with van der Waals surface area (Å²) in [6, 6.07) is 14.9. The summed E-state index contributed by atoms with van der Waals surface area (Å²) in [5.41, 5.74) is 2.33. The van der Waals surface area contributed by atoms with Crippen molar-refractivity contribution in [2.24, 2.45) is 0 Å². The van der Waals surface area contributed by atoms with Gasteiger partial charge in [0.2, 0.25) is 0 Å². The van der Waals surface area contributed by atoms with Crippen molar-refractivity contribution in [2.45, 2.75) is 44.8 Å². The molecule has 2 aromatic rings. The van der Waals surface area contributed by atoms with Crippen molar-refractivity contribution in [2.75, 3.05) is 0 Å². The topological polar surface area (TPSA) is 62.1 Å². The smallest absolute Gasteiger partial charge is 0.251 e. The summed E-state index contributed by atoms with van der Waals surface area (Å²) in [4.78, 5) is 12.3. The number of halogens is 1. The molecule has 3 rings (SSSR count). The monoisotopic (exact) mass is 368 g/mol. The summed E-state index contributed by atoms with van der Waals surface area (Å²) in [7, 11) is 0. The Bertz CT molecular complexity index is 834. The van der Waals surface area contributed by atoms with Crippen molar-refractivity contribution in [3.63, 3.8) is 0 Å². The number of nitriles is 1. The van der Waals surface area contributed by atoms with Crippen LogP contribution < -0.4 is 10.1 Å². The first-order valence-electron chi connectivity index (χ1n) is 8.73. The van der Waals surface area contributed by atoms with Gasteiger partial charge in [-0.05, 0) is 35.7 Å². The second-order valence-electron chi connectivity index (χ2n) is 6.91. The maximum absolute atomic E-state index is 12.3. The van der Waals surface area contributed by atoms with Gasteiger partial charge in [-0.1, -0.05) is 37.6 Å². The maximum atomic E-state index is 12.3. The molecule has 0 unspecified atom stereocenters. The zero-order chi connectivity index (χ0) is 18.7.